The summed E-state index contributed by atoms with van der Waals surface area (Å²) in [7, 11) is 4.00. The molecule has 0 amide bonds. The van der Waals surface area contributed by atoms with Crippen LogP contribution in [0.25, 0.3) is 0 Å². The van der Waals surface area contributed by atoms with Crippen LogP contribution in [0.3, 0.4) is 0 Å². The van der Waals surface area contributed by atoms with Crippen molar-refractivity contribution >= 4 is 29.0 Å². The molecule has 132 valence electrons. The van der Waals surface area contributed by atoms with Gasteiger partial charge in [-0.1, -0.05) is 35.9 Å². The molecule has 26 heavy (non-hydrogen) atoms. The summed E-state index contributed by atoms with van der Waals surface area (Å²) >= 11 is 0. The SMILES string of the molecule is Cc1ccc(Nc2cc(N(C)C)nc(N3CCc4ccccc43)n2)cc1. The van der Waals surface area contributed by atoms with E-state index in [2.05, 4.69) is 65.7 Å². The molecule has 0 spiro atoms. The zero-order valence-corrected chi connectivity index (χ0v) is 15.4. The lowest BCUT2D eigenvalue weighted by Crippen LogP contribution is -2.19. The third-order valence-corrected chi connectivity index (χ3v) is 4.61. The van der Waals surface area contributed by atoms with Gasteiger partial charge in [-0.2, -0.15) is 9.97 Å². The molecule has 1 aromatic heterocycles. The number of aryl methyl sites for hydroxylation is 1. The Balaban J connectivity index is 1.71. The summed E-state index contributed by atoms with van der Waals surface area (Å²) in [6.07, 6.45) is 1.02. The molecule has 1 aliphatic heterocycles. The summed E-state index contributed by atoms with van der Waals surface area (Å²) in [4.78, 5) is 13.8. The van der Waals surface area contributed by atoms with Crippen molar-refractivity contribution in [3.63, 3.8) is 0 Å². The highest BCUT2D eigenvalue weighted by molar-refractivity contribution is 5.69. The van der Waals surface area contributed by atoms with Gasteiger partial charge in [-0.15, -0.1) is 0 Å². The van der Waals surface area contributed by atoms with Crippen LogP contribution >= 0.6 is 0 Å². The number of nitrogens with one attached hydrogen (secondary N) is 1. The van der Waals surface area contributed by atoms with Crippen LogP contribution < -0.4 is 15.1 Å². The van der Waals surface area contributed by atoms with Gasteiger partial charge < -0.3 is 15.1 Å². The summed E-state index contributed by atoms with van der Waals surface area (Å²) in [5.74, 6) is 2.41. The Morgan fingerprint density at radius 1 is 1.00 bits per heavy atom. The third-order valence-electron chi connectivity index (χ3n) is 4.61. The first-order valence-electron chi connectivity index (χ1n) is 8.86. The van der Waals surface area contributed by atoms with Gasteiger partial charge in [0.15, 0.2) is 0 Å². The van der Waals surface area contributed by atoms with Crippen LogP contribution in [0.1, 0.15) is 11.1 Å². The molecule has 5 heteroatoms. The van der Waals surface area contributed by atoms with Crippen molar-refractivity contribution in [3.8, 4) is 0 Å². The molecule has 2 heterocycles. The number of para-hydroxylation sites is 1. The van der Waals surface area contributed by atoms with Gasteiger partial charge in [0, 0.05) is 38.1 Å². The molecular formula is C21H23N5. The Morgan fingerprint density at radius 2 is 1.77 bits per heavy atom. The summed E-state index contributed by atoms with van der Waals surface area (Å²) in [6, 6.07) is 18.8. The van der Waals surface area contributed by atoms with E-state index < -0.39 is 0 Å². The molecule has 0 unspecified atom stereocenters. The van der Waals surface area contributed by atoms with Crippen molar-refractivity contribution in [2.24, 2.45) is 0 Å². The van der Waals surface area contributed by atoms with Gasteiger partial charge in [0.1, 0.15) is 11.6 Å². The molecule has 2 aromatic carbocycles. The van der Waals surface area contributed by atoms with E-state index in [1.54, 1.807) is 0 Å². The Kier molecular flexibility index (Phi) is 4.21. The van der Waals surface area contributed by atoms with E-state index in [1.165, 1.54) is 16.8 Å². The summed E-state index contributed by atoms with van der Waals surface area (Å²) in [6.45, 7) is 2.99. The summed E-state index contributed by atoms with van der Waals surface area (Å²) in [5, 5.41) is 3.41. The van der Waals surface area contributed by atoms with E-state index in [9.17, 15) is 0 Å². The molecule has 0 saturated carbocycles. The fourth-order valence-electron chi connectivity index (χ4n) is 3.17. The predicted octanol–water partition coefficient (Wildman–Crippen LogP) is 4.29. The van der Waals surface area contributed by atoms with E-state index in [0.717, 1.165) is 36.2 Å². The lowest BCUT2D eigenvalue weighted by atomic mass is 10.2. The van der Waals surface area contributed by atoms with Crippen molar-refractivity contribution < 1.29 is 0 Å². The highest BCUT2D eigenvalue weighted by atomic mass is 15.3. The predicted molar refractivity (Wildman–Crippen MR) is 108 cm³/mol. The Bertz CT molecular complexity index is 918. The zero-order valence-electron chi connectivity index (χ0n) is 15.4. The fourth-order valence-corrected chi connectivity index (χ4v) is 3.17. The van der Waals surface area contributed by atoms with E-state index in [-0.39, 0.29) is 0 Å². The van der Waals surface area contributed by atoms with Crippen LogP contribution in [0.4, 0.5) is 29.0 Å². The Labute approximate surface area is 154 Å². The third kappa shape index (κ3) is 3.20. The molecule has 1 aliphatic rings. The number of benzene rings is 2. The van der Waals surface area contributed by atoms with Gasteiger partial charge in [-0.25, -0.2) is 0 Å². The van der Waals surface area contributed by atoms with Gasteiger partial charge in [-0.05, 0) is 37.1 Å². The minimum atomic E-state index is 0.732. The van der Waals surface area contributed by atoms with Crippen LogP contribution in [0.15, 0.2) is 54.6 Å². The van der Waals surface area contributed by atoms with Crippen LogP contribution in [0, 0.1) is 6.92 Å². The van der Waals surface area contributed by atoms with Gasteiger partial charge in [0.25, 0.3) is 0 Å². The van der Waals surface area contributed by atoms with Crippen LogP contribution in [-0.4, -0.2) is 30.6 Å². The molecule has 3 aromatic rings. The number of hydrogen-bond donors (Lipinski definition) is 1. The van der Waals surface area contributed by atoms with Crippen LogP contribution in [0.2, 0.25) is 0 Å². The van der Waals surface area contributed by atoms with E-state index in [0.29, 0.717) is 0 Å². The van der Waals surface area contributed by atoms with Gasteiger partial charge in [0.2, 0.25) is 5.95 Å². The molecule has 5 nitrogen and oxygen atoms in total. The average Bonchev–Trinajstić information content (AvgIpc) is 3.07. The normalized spacial score (nSPS) is 12.8. The van der Waals surface area contributed by atoms with Crippen molar-refractivity contribution in [1.29, 1.82) is 0 Å². The molecule has 0 saturated heterocycles. The first-order valence-corrected chi connectivity index (χ1v) is 8.86. The molecular weight excluding hydrogens is 322 g/mol. The minimum absolute atomic E-state index is 0.732. The van der Waals surface area contributed by atoms with Crippen LogP contribution in [-0.2, 0) is 6.42 Å². The molecule has 0 radical (unpaired) electrons. The number of anilines is 5. The molecule has 0 fully saturated rings. The smallest absolute Gasteiger partial charge is 0.233 e. The highest BCUT2D eigenvalue weighted by Crippen LogP contribution is 2.34. The Hall–Kier alpha value is -3.08. The van der Waals surface area contributed by atoms with Crippen molar-refractivity contribution in [2.45, 2.75) is 13.3 Å². The Morgan fingerprint density at radius 3 is 2.54 bits per heavy atom. The number of hydrogen-bond acceptors (Lipinski definition) is 5. The summed E-state index contributed by atoms with van der Waals surface area (Å²) < 4.78 is 0. The van der Waals surface area contributed by atoms with Crippen molar-refractivity contribution in [3.05, 3.63) is 65.7 Å². The van der Waals surface area contributed by atoms with Gasteiger partial charge >= 0.3 is 0 Å². The lowest BCUT2D eigenvalue weighted by molar-refractivity contribution is 0.929. The quantitative estimate of drug-likeness (QED) is 0.764. The first-order chi connectivity index (χ1) is 12.6. The standard InChI is InChI=1S/C21H23N5/c1-15-8-10-17(11-9-15)22-19-14-20(25(2)3)24-21(23-19)26-13-12-16-6-4-5-7-18(16)26/h4-11,14H,12-13H2,1-3H3,(H,22,23,24). The second-order valence-electron chi connectivity index (χ2n) is 6.83. The molecule has 0 atom stereocenters. The van der Waals surface area contributed by atoms with E-state index >= 15 is 0 Å². The van der Waals surface area contributed by atoms with Crippen LogP contribution in [0.5, 0.6) is 0 Å². The van der Waals surface area contributed by atoms with E-state index in [4.69, 9.17) is 9.97 Å². The summed E-state index contributed by atoms with van der Waals surface area (Å²) in [5.41, 5.74) is 4.80. The van der Waals surface area contributed by atoms with Gasteiger partial charge in [0.05, 0.1) is 0 Å². The number of aromatic nitrogens is 2. The average molecular weight is 345 g/mol. The molecule has 0 bridgehead atoms. The minimum Gasteiger partial charge on any atom is -0.363 e. The van der Waals surface area contributed by atoms with E-state index in [1.807, 2.05) is 25.1 Å². The molecule has 0 aliphatic carbocycles. The second kappa shape index (κ2) is 6.67. The fraction of sp³-hybridized carbons (Fsp3) is 0.238. The topological polar surface area (TPSA) is 44.3 Å². The molecule has 1 N–H and O–H groups in total. The molecule has 4 rings (SSSR count). The first kappa shape index (κ1) is 16.4. The maximum atomic E-state index is 4.79. The van der Waals surface area contributed by atoms with Crippen molar-refractivity contribution in [1.82, 2.24) is 9.97 Å². The maximum Gasteiger partial charge on any atom is 0.233 e. The van der Waals surface area contributed by atoms with Crippen molar-refractivity contribution in [2.75, 3.05) is 35.8 Å². The second-order valence-corrected chi connectivity index (χ2v) is 6.83. The van der Waals surface area contributed by atoms with Gasteiger partial charge in [-0.3, -0.25) is 0 Å². The zero-order chi connectivity index (χ0) is 18.1. The largest absolute Gasteiger partial charge is 0.363 e. The lowest BCUT2D eigenvalue weighted by Gasteiger charge is -2.21. The number of rotatable bonds is 4. The maximum absolute atomic E-state index is 4.79. The number of fused-ring (bicyclic) bond motifs is 1. The monoisotopic (exact) mass is 345 g/mol. The number of nitrogens with zero attached hydrogens (tertiary/aromatic N) is 4. The highest BCUT2D eigenvalue weighted by Gasteiger charge is 2.23.